The van der Waals surface area contributed by atoms with Crippen molar-refractivity contribution in [1.29, 1.82) is 0 Å². The summed E-state index contributed by atoms with van der Waals surface area (Å²) in [5.74, 6) is 0.256. The van der Waals surface area contributed by atoms with Gasteiger partial charge in [-0.1, -0.05) is 6.92 Å². The van der Waals surface area contributed by atoms with Gasteiger partial charge in [0.25, 0.3) is 0 Å². The fourth-order valence-corrected chi connectivity index (χ4v) is 1.75. The molecule has 17 heavy (non-hydrogen) atoms. The molecule has 0 aromatic carbocycles. The smallest absolute Gasteiger partial charge is 0.330 e. The van der Waals surface area contributed by atoms with Crippen LogP contribution in [0.2, 0.25) is 0 Å². The maximum Gasteiger partial charge on any atom is 0.330 e. The van der Waals surface area contributed by atoms with Crippen LogP contribution in [-0.2, 0) is 17.8 Å². The van der Waals surface area contributed by atoms with E-state index in [4.69, 9.17) is 0 Å². The largest absolute Gasteiger partial charge is 0.363 e. The summed E-state index contributed by atoms with van der Waals surface area (Å²) in [4.78, 5) is 10.2. The highest BCUT2D eigenvalue weighted by Crippen LogP contribution is 2.21. The molecule has 0 aliphatic carbocycles. The molecule has 1 heterocycles. The van der Waals surface area contributed by atoms with Gasteiger partial charge < -0.3 is 5.32 Å². The average Bonchev–Trinajstić information content (AvgIpc) is 2.59. The van der Waals surface area contributed by atoms with Crippen molar-refractivity contribution in [3.05, 3.63) is 16.3 Å². The first-order chi connectivity index (χ1) is 7.91. The molecule has 1 N–H and O–H groups in total. The monoisotopic (exact) mass is 260 g/mol. The molecule has 2 atom stereocenters. The van der Waals surface area contributed by atoms with E-state index in [0.29, 0.717) is 13.0 Å². The quantitative estimate of drug-likeness (QED) is 0.606. The lowest BCUT2D eigenvalue weighted by Gasteiger charge is -2.08. The van der Waals surface area contributed by atoms with Crippen LogP contribution in [0.4, 0.5) is 11.5 Å². The van der Waals surface area contributed by atoms with Gasteiger partial charge in [-0.05, 0) is 6.42 Å². The van der Waals surface area contributed by atoms with E-state index in [1.165, 1.54) is 10.9 Å². The van der Waals surface area contributed by atoms with Crippen LogP contribution in [0.25, 0.3) is 0 Å². The van der Waals surface area contributed by atoms with Gasteiger partial charge >= 0.3 is 5.69 Å². The first-order valence-electron chi connectivity index (χ1n) is 5.16. The van der Waals surface area contributed by atoms with Gasteiger partial charge in [0.2, 0.25) is 5.82 Å². The van der Waals surface area contributed by atoms with Gasteiger partial charge in [0, 0.05) is 35.9 Å². The van der Waals surface area contributed by atoms with E-state index >= 15 is 0 Å². The number of nitrogens with zero attached hydrogens (tertiary/aromatic N) is 3. The molecule has 0 fully saturated rings. The van der Waals surface area contributed by atoms with Crippen molar-refractivity contribution in [2.75, 3.05) is 18.1 Å². The molecule has 0 saturated heterocycles. The Labute approximate surface area is 102 Å². The molecule has 1 aromatic heterocycles. The summed E-state index contributed by atoms with van der Waals surface area (Å²) in [6.45, 7) is 2.39. The molecular weight excluding hydrogens is 244 g/mol. The first kappa shape index (κ1) is 13.6. The molecule has 2 unspecified atom stereocenters. The zero-order valence-electron chi connectivity index (χ0n) is 10.0. The highest BCUT2D eigenvalue weighted by molar-refractivity contribution is 7.84. The summed E-state index contributed by atoms with van der Waals surface area (Å²) in [5, 5.41) is 17.6. The number of nitro groups is 1. The van der Waals surface area contributed by atoms with Crippen molar-refractivity contribution in [2.24, 2.45) is 7.05 Å². The lowest BCUT2D eigenvalue weighted by molar-refractivity contribution is -0.384. The molecule has 0 aliphatic heterocycles. The van der Waals surface area contributed by atoms with Gasteiger partial charge in [-0.25, -0.2) is 0 Å². The Hall–Kier alpha value is -1.44. The maximum absolute atomic E-state index is 11.1. The van der Waals surface area contributed by atoms with Gasteiger partial charge in [-0.15, -0.1) is 5.10 Å². The fourth-order valence-electron chi connectivity index (χ4n) is 1.30. The number of rotatable bonds is 6. The lowest BCUT2D eigenvalue weighted by atomic mass is 10.3. The minimum atomic E-state index is -0.877. The lowest BCUT2D eigenvalue weighted by Crippen LogP contribution is -2.15. The van der Waals surface area contributed by atoms with Gasteiger partial charge in [-0.2, -0.15) is 0 Å². The molecule has 0 saturated carbocycles. The maximum atomic E-state index is 11.1. The molecule has 1 aromatic rings. The Morgan fingerprint density at radius 3 is 2.88 bits per heavy atom. The molecule has 7 nitrogen and oxygen atoms in total. The van der Waals surface area contributed by atoms with E-state index in [2.05, 4.69) is 10.4 Å². The first-order valence-corrected chi connectivity index (χ1v) is 6.78. The minimum Gasteiger partial charge on any atom is -0.363 e. The van der Waals surface area contributed by atoms with Crippen molar-refractivity contribution in [2.45, 2.75) is 18.6 Å². The minimum absolute atomic E-state index is 0.0437. The van der Waals surface area contributed by atoms with Crippen LogP contribution in [0.5, 0.6) is 0 Å². The normalized spacial score (nSPS) is 14.3. The zero-order valence-corrected chi connectivity index (χ0v) is 10.9. The van der Waals surface area contributed by atoms with E-state index in [9.17, 15) is 14.3 Å². The van der Waals surface area contributed by atoms with Crippen molar-refractivity contribution in [3.63, 3.8) is 0 Å². The molecule has 0 radical (unpaired) electrons. The van der Waals surface area contributed by atoms with Crippen LogP contribution >= 0.6 is 0 Å². The standard InChI is InChI=1S/C9H16N4O3S/c1-7(17(3)16)4-5-10-9-8(13(14)15)6-12(2)11-9/h6-7H,4-5H2,1-3H3,(H,10,11). The van der Waals surface area contributed by atoms with Gasteiger partial charge in [-0.3, -0.25) is 19.0 Å². The molecule has 0 bridgehead atoms. The number of aromatic nitrogens is 2. The topological polar surface area (TPSA) is 90.1 Å². The fraction of sp³-hybridized carbons (Fsp3) is 0.667. The molecule has 0 aliphatic rings. The summed E-state index contributed by atoms with van der Waals surface area (Å²) >= 11 is 0. The van der Waals surface area contributed by atoms with E-state index in [-0.39, 0.29) is 16.8 Å². The number of hydrogen-bond acceptors (Lipinski definition) is 5. The summed E-state index contributed by atoms with van der Waals surface area (Å²) < 4.78 is 12.5. The molecule has 1 rings (SSSR count). The molecule has 96 valence electrons. The third-order valence-electron chi connectivity index (χ3n) is 2.42. The number of nitrogens with one attached hydrogen (secondary N) is 1. The van der Waals surface area contributed by atoms with Crippen LogP contribution < -0.4 is 5.32 Å². The number of aryl methyl sites for hydroxylation is 1. The van der Waals surface area contributed by atoms with E-state index in [1.54, 1.807) is 13.3 Å². The molecule has 0 spiro atoms. The van der Waals surface area contributed by atoms with Crippen molar-refractivity contribution >= 4 is 22.3 Å². The second-order valence-corrected chi connectivity index (χ2v) is 5.62. The summed E-state index contributed by atoms with van der Waals surface area (Å²) in [7, 11) is 0.750. The van der Waals surface area contributed by atoms with Crippen LogP contribution in [0.15, 0.2) is 6.20 Å². The van der Waals surface area contributed by atoms with Crippen LogP contribution in [0, 0.1) is 10.1 Å². The van der Waals surface area contributed by atoms with Crippen molar-refractivity contribution < 1.29 is 9.13 Å². The molecule has 0 amide bonds. The van der Waals surface area contributed by atoms with Crippen LogP contribution in [0.3, 0.4) is 0 Å². The Kier molecular flexibility index (Phi) is 4.62. The van der Waals surface area contributed by atoms with Crippen LogP contribution in [0.1, 0.15) is 13.3 Å². The third-order valence-corrected chi connectivity index (χ3v) is 3.79. The Bertz CT molecular complexity index is 432. The summed E-state index contributed by atoms with van der Waals surface area (Å²) in [5.41, 5.74) is -0.0437. The zero-order chi connectivity index (χ0) is 13.0. The Balaban J connectivity index is 2.57. The summed E-state index contributed by atoms with van der Waals surface area (Å²) in [6, 6.07) is 0. The highest BCUT2D eigenvalue weighted by atomic mass is 32.2. The van der Waals surface area contributed by atoms with E-state index in [1.807, 2.05) is 6.92 Å². The van der Waals surface area contributed by atoms with Gasteiger partial charge in [0.1, 0.15) is 6.20 Å². The predicted octanol–water partition coefficient (Wildman–Crippen LogP) is 0.897. The predicted molar refractivity (Wildman–Crippen MR) is 66.5 cm³/mol. The Morgan fingerprint density at radius 2 is 2.35 bits per heavy atom. The average molecular weight is 260 g/mol. The van der Waals surface area contributed by atoms with E-state index < -0.39 is 15.7 Å². The Morgan fingerprint density at radius 1 is 1.71 bits per heavy atom. The van der Waals surface area contributed by atoms with E-state index in [0.717, 1.165) is 0 Å². The van der Waals surface area contributed by atoms with Gasteiger partial charge in [0.05, 0.1) is 4.92 Å². The highest BCUT2D eigenvalue weighted by Gasteiger charge is 2.18. The van der Waals surface area contributed by atoms with Crippen molar-refractivity contribution in [3.8, 4) is 0 Å². The van der Waals surface area contributed by atoms with Gasteiger partial charge in [0.15, 0.2) is 0 Å². The number of anilines is 1. The molecule has 8 heteroatoms. The second-order valence-electron chi connectivity index (χ2n) is 3.82. The van der Waals surface area contributed by atoms with Crippen LogP contribution in [-0.4, -0.2) is 37.0 Å². The second kappa shape index (κ2) is 5.76. The third kappa shape index (κ3) is 3.81. The number of hydrogen-bond donors (Lipinski definition) is 1. The SMILES string of the molecule is CC(CCNc1nn(C)cc1[N+](=O)[O-])S(C)=O. The van der Waals surface area contributed by atoms with Crippen molar-refractivity contribution in [1.82, 2.24) is 9.78 Å². The summed E-state index contributed by atoms with van der Waals surface area (Å²) in [6.07, 6.45) is 3.68. The molecular formula is C9H16N4O3S.